The van der Waals surface area contributed by atoms with Crippen molar-refractivity contribution in [1.29, 1.82) is 0 Å². The third kappa shape index (κ3) is 5.60. The van der Waals surface area contributed by atoms with Gasteiger partial charge >= 0.3 is 0 Å². The first kappa shape index (κ1) is 21.4. The summed E-state index contributed by atoms with van der Waals surface area (Å²) in [6.45, 7) is 9.06. The number of ether oxygens (including phenoxy) is 2. The molecule has 7 heteroatoms. The average molecular weight is 418 g/mol. The van der Waals surface area contributed by atoms with E-state index in [1.807, 2.05) is 38.1 Å². The van der Waals surface area contributed by atoms with E-state index in [9.17, 15) is 4.79 Å². The Morgan fingerprint density at radius 2 is 1.97 bits per heavy atom. The second-order valence-electron chi connectivity index (χ2n) is 7.83. The molecule has 2 aromatic rings. The summed E-state index contributed by atoms with van der Waals surface area (Å²) >= 11 is 6.47. The Morgan fingerprint density at radius 3 is 2.62 bits per heavy atom. The van der Waals surface area contributed by atoms with E-state index >= 15 is 0 Å². The summed E-state index contributed by atoms with van der Waals surface area (Å²) in [6.07, 6.45) is 2.96. The minimum atomic E-state index is -0.00829. The molecule has 0 aliphatic carbocycles. The molecule has 1 aromatic heterocycles. The lowest BCUT2D eigenvalue weighted by molar-refractivity contribution is -0.117. The molecule has 0 saturated carbocycles. The Labute approximate surface area is 177 Å². The molecule has 2 heterocycles. The molecular formula is C22H28ClN3O3. The van der Waals surface area contributed by atoms with E-state index < -0.39 is 0 Å². The van der Waals surface area contributed by atoms with Gasteiger partial charge in [-0.3, -0.25) is 0 Å². The fourth-order valence-corrected chi connectivity index (χ4v) is 3.77. The van der Waals surface area contributed by atoms with Crippen molar-refractivity contribution < 1.29 is 14.3 Å². The number of rotatable bonds is 8. The van der Waals surface area contributed by atoms with E-state index in [4.69, 9.17) is 21.1 Å². The van der Waals surface area contributed by atoms with Crippen molar-refractivity contribution >= 4 is 23.2 Å². The number of nitrogens with zero attached hydrogens (tertiary/aromatic N) is 3. The maximum atomic E-state index is 11.3. The van der Waals surface area contributed by atoms with Crippen molar-refractivity contribution in [2.24, 2.45) is 0 Å². The van der Waals surface area contributed by atoms with Gasteiger partial charge in [-0.2, -0.15) is 0 Å². The predicted octanol–water partition coefficient (Wildman–Crippen LogP) is 4.66. The molecule has 2 atom stereocenters. The van der Waals surface area contributed by atoms with Gasteiger partial charge in [0.05, 0.1) is 12.6 Å². The van der Waals surface area contributed by atoms with Crippen LogP contribution in [0, 0.1) is 0 Å². The third-order valence-electron chi connectivity index (χ3n) is 4.88. The number of aromatic nitrogens is 2. The Kier molecular flexibility index (Phi) is 6.96. The van der Waals surface area contributed by atoms with Crippen molar-refractivity contribution in [2.45, 2.75) is 58.7 Å². The molecule has 0 bridgehead atoms. The van der Waals surface area contributed by atoms with Gasteiger partial charge in [0.15, 0.2) is 5.82 Å². The molecular weight excluding hydrogens is 390 g/mol. The summed E-state index contributed by atoms with van der Waals surface area (Å²) in [6, 6.07) is 8.01. The zero-order chi connectivity index (χ0) is 21.0. The lowest BCUT2D eigenvalue weighted by atomic mass is 9.96. The molecule has 0 spiro atoms. The normalized spacial score (nSPS) is 17.4. The van der Waals surface area contributed by atoms with E-state index in [2.05, 4.69) is 21.8 Å². The summed E-state index contributed by atoms with van der Waals surface area (Å²) in [5.74, 6) is 2.33. The summed E-state index contributed by atoms with van der Waals surface area (Å²) in [4.78, 5) is 21.9. The van der Waals surface area contributed by atoms with Crippen LogP contribution >= 0.6 is 11.6 Å². The smallest absolute Gasteiger partial charge is 0.238 e. The van der Waals surface area contributed by atoms with Crippen LogP contribution in [0.3, 0.4) is 0 Å². The van der Waals surface area contributed by atoms with Gasteiger partial charge in [0, 0.05) is 19.4 Å². The number of carbonyl (C=O) groups is 1. The standard InChI is InChI=1S/C22H28ClN3O3/c1-14(2)28-22-20(23)21(24-13-25-22)26-10-9-19(12-26)29-18-7-5-17(6-8-18)15(3)11-16(4)27/h5-8,13-15,19H,9-12H2,1-4H3/t15-,19-/m1/s1. The van der Waals surface area contributed by atoms with Crippen LogP contribution in [-0.4, -0.2) is 41.0 Å². The minimum Gasteiger partial charge on any atom is -0.489 e. The van der Waals surface area contributed by atoms with Gasteiger partial charge in [-0.1, -0.05) is 30.7 Å². The van der Waals surface area contributed by atoms with Gasteiger partial charge in [-0.25, -0.2) is 9.97 Å². The van der Waals surface area contributed by atoms with Crippen LogP contribution in [-0.2, 0) is 4.79 Å². The van der Waals surface area contributed by atoms with Gasteiger partial charge < -0.3 is 19.2 Å². The van der Waals surface area contributed by atoms with E-state index in [0.29, 0.717) is 29.7 Å². The van der Waals surface area contributed by atoms with Gasteiger partial charge in [-0.05, 0) is 44.4 Å². The highest BCUT2D eigenvalue weighted by Crippen LogP contribution is 2.33. The number of hydrogen-bond acceptors (Lipinski definition) is 6. The van der Waals surface area contributed by atoms with Gasteiger partial charge in [0.2, 0.25) is 5.88 Å². The van der Waals surface area contributed by atoms with Crippen LogP contribution in [0.2, 0.25) is 5.02 Å². The molecule has 1 aliphatic heterocycles. The highest BCUT2D eigenvalue weighted by Gasteiger charge is 2.28. The number of halogens is 1. The second kappa shape index (κ2) is 9.44. The maximum absolute atomic E-state index is 11.3. The Bertz CT molecular complexity index is 842. The van der Waals surface area contributed by atoms with E-state index in [-0.39, 0.29) is 23.9 Å². The fourth-order valence-electron chi connectivity index (χ4n) is 3.50. The summed E-state index contributed by atoms with van der Waals surface area (Å²) in [5.41, 5.74) is 1.14. The molecule has 0 radical (unpaired) electrons. The molecule has 156 valence electrons. The molecule has 0 unspecified atom stereocenters. The topological polar surface area (TPSA) is 64.5 Å². The van der Waals surface area contributed by atoms with E-state index in [1.165, 1.54) is 6.33 Å². The Hall–Kier alpha value is -2.34. The molecule has 1 fully saturated rings. The fraction of sp³-hybridized carbons (Fsp3) is 0.500. The molecule has 1 aliphatic rings. The molecule has 0 amide bonds. The Morgan fingerprint density at radius 1 is 1.24 bits per heavy atom. The first-order valence-electron chi connectivity index (χ1n) is 10.0. The minimum absolute atomic E-state index is 0.00829. The van der Waals surface area contributed by atoms with Crippen molar-refractivity contribution in [3.8, 4) is 11.6 Å². The largest absolute Gasteiger partial charge is 0.489 e. The monoisotopic (exact) mass is 417 g/mol. The number of anilines is 1. The van der Waals surface area contributed by atoms with Crippen LogP contribution in [0.25, 0.3) is 0 Å². The molecule has 0 N–H and O–H groups in total. The molecule has 1 aromatic carbocycles. The Balaban J connectivity index is 1.61. The SMILES string of the molecule is CC(=O)C[C@@H](C)c1ccc(O[C@@H]2CCN(c3ncnc(OC(C)C)c3Cl)C2)cc1. The first-order valence-corrected chi connectivity index (χ1v) is 10.4. The second-order valence-corrected chi connectivity index (χ2v) is 8.21. The van der Waals surface area contributed by atoms with Crippen LogP contribution in [0.15, 0.2) is 30.6 Å². The van der Waals surface area contributed by atoms with E-state index in [1.54, 1.807) is 6.92 Å². The number of hydrogen-bond donors (Lipinski definition) is 0. The van der Waals surface area contributed by atoms with Crippen molar-refractivity contribution in [3.63, 3.8) is 0 Å². The van der Waals surface area contributed by atoms with Gasteiger partial charge in [0.25, 0.3) is 0 Å². The van der Waals surface area contributed by atoms with Crippen LogP contribution in [0.4, 0.5) is 5.82 Å². The molecule has 3 rings (SSSR count). The zero-order valence-electron chi connectivity index (χ0n) is 17.4. The first-order chi connectivity index (χ1) is 13.8. The summed E-state index contributed by atoms with van der Waals surface area (Å²) in [5, 5.41) is 0.436. The highest BCUT2D eigenvalue weighted by molar-refractivity contribution is 6.34. The van der Waals surface area contributed by atoms with Gasteiger partial charge in [-0.15, -0.1) is 0 Å². The predicted molar refractivity (Wildman–Crippen MR) is 114 cm³/mol. The van der Waals surface area contributed by atoms with Crippen LogP contribution in [0.1, 0.15) is 52.0 Å². The average Bonchev–Trinajstić information content (AvgIpc) is 3.11. The number of benzene rings is 1. The van der Waals surface area contributed by atoms with Crippen molar-refractivity contribution in [2.75, 3.05) is 18.0 Å². The van der Waals surface area contributed by atoms with Crippen molar-refractivity contribution in [3.05, 3.63) is 41.2 Å². The lowest BCUT2D eigenvalue weighted by Crippen LogP contribution is -2.25. The van der Waals surface area contributed by atoms with Crippen LogP contribution in [0.5, 0.6) is 11.6 Å². The van der Waals surface area contributed by atoms with E-state index in [0.717, 1.165) is 24.3 Å². The summed E-state index contributed by atoms with van der Waals surface area (Å²) < 4.78 is 11.8. The maximum Gasteiger partial charge on any atom is 0.238 e. The highest BCUT2D eigenvalue weighted by atomic mass is 35.5. The van der Waals surface area contributed by atoms with Crippen LogP contribution < -0.4 is 14.4 Å². The molecule has 29 heavy (non-hydrogen) atoms. The third-order valence-corrected chi connectivity index (χ3v) is 5.21. The van der Waals surface area contributed by atoms with Gasteiger partial charge in [0.1, 0.15) is 29.0 Å². The number of ketones is 1. The summed E-state index contributed by atoms with van der Waals surface area (Å²) in [7, 11) is 0. The number of Topliss-reactive ketones (excluding diaryl/α,β-unsaturated/α-hetero) is 1. The molecule has 6 nitrogen and oxygen atoms in total. The quantitative estimate of drug-likeness (QED) is 0.622. The molecule has 1 saturated heterocycles. The van der Waals surface area contributed by atoms with Crippen molar-refractivity contribution in [1.82, 2.24) is 9.97 Å². The number of carbonyl (C=O) groups excluding carboxylic acids is 1. The zero-order valence-corrected chi connectivity index (χ0v) is 18.1. The lowest BCUT2D eigenvalue weighted by Gasteiger charge is -2.20.